The van der Waals surface area contributed by atoms with Gasteiger partial charge < -0.3 is 15.2 Å². The van der Waals surface area contributed by atoms with Crippen LogP contribution in [0.4, 0.5) is 5.69 Å². The van der Waals surface area contributed by atoms with E-state index >= 15 is 0 Å². The number of aromatic nitrogens is 2. The maximum absolute atomic E-state index is 12.4. The fraction of sp³-hybridized carbons (Fsp3) is 0.227. The number of aryl methyl sites for hydroxylation is 1. The molecule has 4 aromatic rings. The van der Waals surface area contributed by atoms with E-state index in [0.29, 0.717) is 30.9 Å². The van der Waals surface area contributed by atoms with Crippen LogP contribution in [0.3, 0.4) is 0 Å². The fourth-order valence-electron chi connectivity index (χ4n) is 3.25. The third kappa shape index (κ3) is 5.28. The number of hydrogen-bond donors (Lipinski definition) is 4. The number of anilines is 1. The van der Waals surface area contributed by atoms with Crippen molar-refractivity contribution >= 4 is 38.0 Å². The summed E-state index contributed by atoms with van der Waals surface area (Å²) in [4.78, 5) is 0.219. The van der Waals surface area contributed by atoms with Gasteiger partial charge in [0, 0.05) is 35.6 Å². The number of nitrogens with zero attached hydrogens (tertiary/aromatic N) is 1. The number of sulfonamides is 1. The molecule has 0 fully saturated rings. The number of hydrogen-bond acceptors (Lipinski definition) is 7. The Morgan fingerprint density at radius 3 is 2.91 bits per heavy atom. The zero-order chi connectivity index (χ0) is 22.6. The van der Waals surface area contributed by atoms with Gasteiger partial charge in [0.1, 0.15) is 12.4 Å². The van der Waals surface area contributed by atoms with Gasteiger partial charge >= 0.3 is 0 Å². The highest BCUT2D eigenvalue weighted by molar-refractivity contribution is 7.92. The highest BCUT2D eigenvalue weighted by Crippen LogP contribution is 2.22. The van der Waals surface area contributed by atoms with Gasteiger partial charge in [-0.25, -0.2) is 8.42 Å². The Morgan fingerprint density at radius 1 is 1.22 bits per heavy atom. The van der Waals surface area contributed by atoms with Crippen molar-refractivity contribution in [1.82, 2.24) is 15.5 Å². The summed E-state index contributed by atoms with van der Waals surface area (Å²) in [5.74, 6) is 0.745. The van der Waals surface area contributed by atoms with E-state index in [1.807, 2.05) is 25.1 Å². The number of nitrogens with one attached hydrogen (secondary N) is 3. The van der Waals surface area contributed by atoms with Crippen molar-refractivity contribution in [3.8, 4) is 5.75 Å². The first-order valence-corrected chi connectivity index (χ1v) is 12.5. The van der Waals surface area contributed by atoms with Crippen molar-refractivity contribution in [2.75, 3.05) is 24.4 Å². The Bertz CT molecular complexity index is 1290. The molecular weight excluding hydrogens is 448 g/mol. The number of rotatable bonds is 10. The summed E-state index contributed by atoms with van der Waals surface area (Å²) in [7, 11) is -3.64. The molecule has 4 rings (SSSR count). The van der Waals surface area contributed by atoms with Gasteiger partial charge in [0.25, 0.3) is 10.0 Å². The molecule has 0 aliphatic heterocycles. The molecule has 4 N–H and O–H groups in total. The molecule has 0 radical (unpaired) electrons. The summed E-state index contributed by atoms with van der Waals surface area (Å²) in [6.45, 7) is 3.24. The molecule has 0 aliphatic carbocycles. The predicted molar refractivity (Wildman–Crippen MR) is 126 cm³/mol. The Kier molecular flexibility index (Phi) is 6.75. The number of aliphatic hydroxyl groups excluding tert-OH is 1. The van der Waals surface area contributed by atoms with Crippen molar-refractivity contribution in [2.45, 2.75) is 17.9 Å². The summed E-state index contributed by atoms with van der Waals surface area (Å²) in [5, 5.41) is 25.1. The average molecular weight is 473 g/mol. The van der Waals surface area contributed by atoms with Crippen LogP contribution in [0, 0.1) is 6.92 Å². The monoisotopic (exact) mass is 472 g/mol. The lowest BCUT2D eigenvalue weighted by atomic mass is 10.1. The molecule has 2 aromatic carbocycles. The number of aliphatic hydroxyl groups is 1. The lowest BCUT2D eigenvalue weighted by molar-refractivity contribution is 0.172. The zero-order valence-electron chi connectivity index (χ0n) is 17.4. The van der Waals surface area contributed by atoms with Gasteiger partial charge in [-0.15, -0.1) is 0 Å². The second kappa shape index (κ2) is 9.70. The fourth-order valence-corrected chi connectivity index (χ4v) is 5.33. The minimum atomic E-state index is -3.64. The van der Waals surface area contributed by atoms with Gasteiger partial charge in [-0.05, 0) is 48.2 Å². The molecule has 168 valence electrons. The molecule has 0 saturated carbocycles. The molecule has 2 heterocycles. The van der Waals surface area contributed by atoms with Crippen LogP contribution in [0.15, 0.2) is 64.2 Å². The SMILES string of the molecule is Cc1n[nH]c2cc(OCCNC[C@H](O)c3cccc(NS(=O)(=O)c4ccsc4)c3)ccc12. The zero-order valence-corrected chi connectivity index (χ0v) is 19.0. The van der Waals surface area contributed by atoms with Crippen LogP contribution in [0.25, 0.3) is 10.9 Å². The van der Waals surface area contributed by atoms with Gasteiger partial charge in [0.15, 0.2) is 0 Å². The molecule has 0 unspecified atom stereocenters. The maximum Gasteiger partial charge on any atom is 0.262 e. The summed E-state index contributed by atoms with van der Waals surface area (Å²) in [6, 6.07) is 14.1. The maximum atomic E-state index is 12.4. The van der Waals surface area contributed by atoms with Crippen molar-refractivity contribution in [3.05, 3.63) is 70.5 Å². The van der Waals surface area contributed by atoms with E-state index in [1.165, 1.54) is 11.3 Å². The first-order chi connectivity index (χ1) is 15.4. The number of H-pyrrole nitrogens is 1. The van der Waals surface area contributed by atoms with Crippen LogP contribution in [0.2, 0.25) is 0 Å². The van der Waals surface area contributed by atoms with E-state index in [-0.39, 0.29) is 4.90 Å². The van der Waals surface area contributed by atoms with Crippen molar-refractivity contribution in [1.29, 1.82) is 0 Å². The molecule has 8 nitrogen and oxygen atoms in total. The predicted octanol–water partition coefficient (Wildman–Crippen LogP) is 3.44. The molecule has 2 aromatic heterocycles. The van der Waals surface area contributed by atoms with Crippen LogP contribution >= 0.6 is 11.3 Å². The van der Waals surface area contributed by atoms with Gasteiger partial charge in [0.05, 0.1) is 22.2 Å². The highest BCUT2D eigenvalue weighted by atomic mass is 32.2. The summed E-state index contributed by atoms with van der Waals surface area (Å²) < 4.78 is 33.1. The number of aromatic amines is 1. The molecule has 0 bridgehead atoms. The summed E-state index contributed by atoms with van der Waals surface area (Å²) >= 11 is 1.32. The van der Waals surface area contributed by atoms with Gasteiger partial charge in [-0.1, -0.05) is 12.1 Å². The highest BCUT2D eigenvalue weighted by Gasteiger charge is 2.15. The third-order valence-electron chi connectivity index (χ3n) is 4.94. The Hall–Kier alpha value is -2.92. The normalized spacial score (nSPS) is 12.7. The van der Waals surface area contributed by atoms with E-state index in [0.717, 1.165) is 22.3 Å². The molecule has 32 heavy (non-hydrogen) atoms. The molecule has 10 heteroatoms. The number of ether oxygens (including phenoxy) is 1. The molecule has 0 spiro atoms. The Balaban J connectivity index is 1.25. The quantitative estimate of drug-likeness (QED) is 0.263. The molecular formula is C22H24N4O4S2. The van der Waals surface area contributed by atoms with Crippen LogP contribution in [-0.4, -0.2) is 43.4 Å². The first-order valence-electron chi connectivity index (χ1n) is 10.0. The minimum absolute atomic E-state index is 0.219. The Labute approximate surface area is 190 Å². The standard InChI is InChI=1S/C22H24N4O4S2/c1-15-20-6-5-18(12-21(20)25-24-15)30-9-8-23-13-22(27)16-3-2-4-17(11-16)26-32(28,29)19-7-10-31-14-19/h2-7,10-12,14,22-23,26-27H,8-9,13H2,1H3,(H,24,25)/t22-/m0/s1. The topological polar surface area (TPSA) is 116 Å². The van der Waals surface area contributed by atoms with E-state index in [9.17, 15) is 13.5 Å². The van der Waals surface area contributed by atoms with E-state index in [4.69, 9.17) is 4.74 Å². The summed E-state index contributed by atoms with van der Waals surface area (Å²) in [6.07, 6.45) is -0.787. The van der Waals surface area contributed by atoms with E-state index in [2.05, 4.69) is 20.2 Å². The van der Waals surface area contributed by atoms with Crippen LogP contribution in [-0.2, 0) is 10.0 Å². The van der Waals surface area contributed by atoms with Crippen LogP contribution in [0.1, 0.15) is 17.4 Å². The van der Waals surface area contributed by atoms with Gasteiger partial charge in [0.2, 0.25) is 0 Å². The second-order valence-electron chi connectivity index (χ2n) is 7.27. The van der Waals surface area contributed by atoms with Gasteiger partial charge in [-0.2, -0.15) is 16.4 Å². The molecule has 0 saturated heterocycles. The minimum Gasteiger partial charge on any atom is -0.492 e. The van der Waals surface area contributed by atoms with E-state index in [1.54, 1.807) is 41.1 Å². The van der Waals surface area contributed by atoms with Crippen LogP contribution < -0.4 is 14.8 Å². The number of benzene rings is 2. The smallest absolute Gasteiger partial charge is 0.262 e. The lowest BCUT2D eigenvalue weighted by Gasteiger charge is -2.14. The molecule has 1 atom stereocenters. The van der Waals surface area contributed by atoms with Crippen molar-refractivity contribution in [2.24, 2.45) is 0 Å². The van der Waals surface area contributed by atoms with Crippen molar-refractivity contribution in [3.63, 3.8) is 0 Å². The molecule has 0 aliphatic rings. The Morgan fingerprint density at radius 2 is 2.09 bits per heavy atom. The lowest BCUT2D eigenvalue weighted by Crippen LogP contribution is -2.26. The van der Waals surface area contributed by atoms with Crippen molar-refractivity contribution < 1.29 is 18.3 Å². The van der Waals surface area contributed by atoms with E-state index < -0.39 is 16.1 Å². The second-order valence-corrected chi connectivity index (χ2v) is 9.74. The van der Waals surface area contributed by atoms with Crippen LogP contribution in [0.5, 0.6) is 5.75 Å². The molecule has 0 amide bonds. The largest absolute Gasteiger partial charge is 0.492 e. The third-order valence-corrected chi connectivity index (χ3v) is 7.15. The first kappa shape index (κ1) is 22.3. The number of thiophene rings is 1. The average Bonchev–Trinajstić information content (AvgIpc) is 3.44. The number of fused-ring (bicyclic) bond motifs is 1. The summed E-state index contributed by atoms with van der Waals surface area (Å²) in [5.41, 5.74) is 2.90. The van der Waals surface area contributed by atoms with Gasteiger partial charge in [-0.3, -0.25) is 9.82 Å².